The second-order valence-corrected chi connectivity index (χ2v) is 7.42. The molecule has 152 valence electrons. The predicted octanol–water partition coefficient (Wildman–Crippen LogP) is 7.76. The summed E-state index contributed by atoms with van der Waals surface area (Å²) < 4.78 is 5.54. The van der Waals surface area contributed by atoms with Gasteiger partial charge < -0.3 is 4.74 Å². The fourth-order valence-electron chi connectivity index (χ4n) is 3.38. The molecule has 1 N–H and O–H groups in total. The van der Waals surface area contributed by atoms with Crippen LogP contribution in [0.25, 0.3) is 0 Å². The minimum atomic E-state index is -0.443. The number of para-hydroxylation sites is 2. The van der Waals surface area contributed by atoms with E-state index < -0.39 is 6.09 Å². The van der Waals surface area contributed by atoms with Crippen LogP contribution in [0.3, 0.4) is 0 Å². The first-order valence-corrected chi connectivity index (χ1v) is 10.9. The van der Waals surface area contributed by atoms with Crippen molar-refractivity contribution >= 4 is 11.8 Å². The number of anilines is 1. The van der Waals surface area contributed by atoms with Crippen molar-refractivity contribution in [1.82, 2.24) is 0 Å². The smallest absolute Gasteiger partial charge is 0.410 e. The molecular weight excluding hydrogens is 346 g/mol. The zero-order valence-corrected chi connectivity index (χ0v) is 17.3. The first-order valence-electron chi connectivity index (χ1n) is 10.9. The van der Waals surface area contributed by atoms with Crippen LogP contribution < -0.4 is 10.1 Å². The highest BCUT2D eigenvalue weighted by molar-refractivity contribution is 5.86. The fourth-order valence-corrected chi connectivity index (χ4v) is 3.38. The highest BCUT2D eigenvalue weighted by Gasteiger charge is 2.09. The molecule has 0 aromatic heterocycles. The molecule has 0 atom stereocenters. The van der Waals surface area contributed by atoms with Crippen LogP contribution in [0.5, 0.6) is 5.75 Å². The molecule has 28 heavy (non-hydrogen) atoms. The lowest BCUT2D eigenvalue weighted by Crippen LogP contribution is -2.17. The molecular formula is C25H35NO2. The summed E-state index contributed by atoms with van der Waals surface area (Å²) in [5, 5.41) is 2.77. The molecule has 2 rings (SSSR count). The van der Waals surface area contributed by atoms with E-state index >= 15 is 0 Å². The quantitative estimate of drug-likeness (QED) is 0.360. The number of nitrogens with one attached hydrogen (secondary N) is 1. The van der Waals surface area contributed by atoms with E-state index in [4.69, 9.17) is 4.74 Å². The van der Waals surface area contributed by atoms with E-state index in [1.165, 1.54) is 57.8 Å². The Bertz CT molecular complexity index is 669. The molecule has 0 spiro atoms. The molecule has 0 aliphatic heterocycles. The average molecular weight is 382 g/mol. The zero-order chi connectivity index (χ0) is 19.9. The summed E-state index contributed by atoms with van der Waals surface area (Å²) in [7, 11) is 0. The molecule has 0 saturated carbocycles. The van der Waals surface area contributed by atoms with Crippen molar-refractivity contribution in [3.8, 4) is 5.75 Å². The van der Waals surface area contributed by atoms with Gasteiger partial charge in [-0.1, -0.05) is 101 Å². The second-order valence-electron chi connectivity index (χ2n) is 7.42. The van der Waals surface area contributed by atoms with E-state index in [-0.39, 0.29) is 0 Å². The van der Waals surface area contributed by atoms with E-state index in [1.807, 2.05) is 48.5 Å². The Morgan fingerprint density at radius 1 is 0.750 bits per heavy atom. The van der Waals surface area contributed by atoms with Crippen LogP contribution in [0.15, 0.2) is 54.6 Å². The summed E-state index contributed by atoms with van der Waals surface area (Å²) in [5.41, 5.74) is 1.84. The van der Waals surface area contributed by atoms with Crippen LogP contribution in [0, 0.1) is 0 Å². The molecule has 0 heterocycles. The van der Waals surface area contributed by atoms with Crippen molar-refractivity contribution in [2.45, 2.75) is 77.6 Å². The van der Waals surface area contributed by atoms with Gasteiger partial charge in [0, 0.05) is 5.69 Å². The molecule has 0 unspecified atom stereocenters. The Morgan fingerprint density at radius 3 is 2.00 bits per heavy atom. The van der Waals surface area contributed by atoms with Crippen LogP contribution in [0.2, 0.25) is 0 Å². The highest BCUT2D eigenvalue weighted by Crippen LogP contribution is 2.22. The monoisotopic (exact) mass is 381 g/mol. The first kappa shape index (κ1) is 22.0. The van der Waals surface area contributed by atoms with E-state index in [0.717, 1.165) is 24.1 Å². The van der Waals surface area contributed by atoms with Crippen LogP contribution in [0.1, 0.15) is 76.7 Å². The summed E-state index contributed by atoms with van der Waals surface area (Å²) >= 11 is 0. The summed E-state index contributed by atoms with van der Waals surface area (Å²) in [5.74, 6) is 0.659. The maximum absolute atomic E-state index is 12.1. The summed E-state index contributed by atoms with van der Waals surface area (Å²) in [6.45, 7) is 2.26. The van der Waals surface area contributed by atoms with Gasteiger partial charge in [-0.15, -0.1) is 0 Å². The topological polar surface area (TPSA) is 38.3 Å². The van der Waals surface area contributed by atoms with Gasteiger partial charge in [-0.05, 0) is 36.6 Å². The number of rotatable bonds is 13. The predicted molar refractivity (Wildman–Crippen MR) is 118 cm³/mol. The van der Waals surface area contributed by atoms with Gasteiger partial charge >= 0.3 is 6.09 Å². The summed E-state index contributed by atoms with van der Waals surface area (Å²) in [6.07, 6.45) is 13.7. The standard InChI is InChI=1S/C25H35NO2/c1-2-3-4-5-6-7-8-9-10-12-17-22-18-15-16-21-24(22)28-25(27)26-23-19-13-11-14-20-23/h11,13-16,18-21H,2-10,12,17H2,1H3,(H,26,27). The SMILES string of the molecule is CCCCCCCCCCCCc1ccccc1OC(=O)Nc1ccccc1. The number of ether oxygens (including phenoxy) is 1. The van der Waals surface area contributed by atoms with Crippen molar-refractivity contribution in [2.75, 3.05) is 5.32 Å². The van der Waals surface area contributed by atoms with Crippen molar-refractivity contribution in [3.63, 3.8) is 0 Å². The number of benzene rings is 2. The van der Waals surface area contributed by atoms with Crippen molar-refractivity contribution < 1.29 is 9.53 Å². The third-order valence-corrected chi connectivity index (χ3v) is 5.00. The number of unbranched alkanes of at least 4 members (excludes halogenated alkanes) is 9. The first-order chi connectivity index (χ1) is 13.8. The highest BCUT2D eigenvalue weighted by atomic mass is 16.6. The van der Waals surface area contributed by atoms with E-state index in [9.17, 15) is 4.79 Å². The van der Waals surface area contributed by atoms with Gasteiger partial charge in [0.2, 0.25) is 0 Å². The fraction of sp³-hybridized carbons (Fsp3) is 0.480. The maximum atomic E-state index is 12.1. The molecule has 0 aliphatic carbocycles. The maximum Gasteiger partial charge on any atom is 0.417 e. The van der Waals surface area contributed by atoms with E-state index in [0.29, 0.717) is 5.75 Å². The van der Waals surface area contributed by atoms with Crippen LogP contribution >= 0.6 is 0 Å². The molecule has 0 radical (unpaired) electrons. The molecule has 0 saturated heterocycles. The van der Waals surface area contributed by atoms with Crippen LogP contribution in [0.4, 0.5) is 10.5 Å². The third-order valence-electron chi connectivity index (χ3n) is 5.00. The molecule has 0 bridgehead atoms. The van der Waals surface area contributed by atoms with E-state index in [1.54, 1.807) is 0 Å². The Kier molecular flexibility index (Phi) is 10.9. The van der Waals surface area contributed by atoms with Crippen molar-refractivity contribution in [2.24, 2.45) is 0 Å². The van der Waals surface area contributed by atoms with Crippen molar-refractivity contribution in [1.29, 1.82) is 0 Å². The Labute approximate surface area is 170 Å². The van der Waals surface area contributed by atoms with Gasteiger partial charge in [0.1, 0.15) is 5.75 Å². The molecule has 2 aromatic rings. The van der Waals surface area contributed by atoms with Crippen LogP contribution in [-0.4, -0.2) is 6.09 Å². The third kappa shape index (κ3) is 9.07. The lowest BCUT2D eigenvalue weighted by Gasteiger charge is -2.11. The molecule has 3 nitrogen and oxygen atoms in total. The van der Waals surface area contributed by atoms with E-state index in [2.05, 4.69) is 18.3 Å². The summed E-state index contributed by atoms with van der Waals surface area (Å²) in [4.78, 5) is 12.1. The normalized spacial score (nSPS) is 10.6. The minimum Gasteiger partial charge on any atom is -0.410 e. The van der Waals surface area contributed by atoms with Gasteiger partial charge in [0.15, 0.2) is 0 Å². The van der Waals surface area contributed by atoms with Gasteiger partial charge in [-0.2, -0.15) is 0 Å². The molecule has 3 heteroatoms. The van der Waals surface area contributed by atoms with Gasteiger partial charge in [0.05, 0.1) is 0 Å². The number of carbonyl (C=O) groups is 1. The zero-order valence-electron chi connectivity index (χ0n) is 17.3. The largest absolute Gasteiger partial charge is 0.417 e. The Hall–Kier alpha value is -2.29. The molecule has 2 aromatic carbocycles. The van der Waals surface area contributed by atoms with Gasteiger partial charge in [0.25, 0.3) is 0 Å². The Morgan fingerprint density at radius 2 is 1.32 bits per heavy atom. The lowest BCUT2D eigenvalue weighted by atomic mass is 10.0. The Balaban J connectivity index is 1.65. The number of amides is 1. The molecule has 1 amide bonds. The average Bonchev–Trinajstić information content (AvgIpc) is 2.71. The molecule has 0 aliphatic rings. The number of carbonyl (C=O) groups excluding carboxylic acids is 1. The van der Waals surface area contributed by atoms with Gasteiger partial charge in [-0.25, -0.2) is 4.79 Å². The minimum absolute atomic E-state index is 0.443. The summed E-state index contributed by atoms with van der Waals surface area (Å²) in [6, 6.07) is 17.2. The molecule has 0 fully saturated rings. The number of aryl methyl sites for hydroxylation is 1. The lowest BCUT2D eigenvalue weighted by molar-refractivity contribution is 0.214. The van der Waals surface area contributed by atoms with Gasteiger partial charge in [-0.3, -0.25) is 5.32 Å². The van der Waals surface area contributed by atoms with Crippen molar-refractivity contribution in [3.05, 3.63) is 60.2 Å². The number of hydrogen-bond donors (Lipinski definition) is 1. The number of hydrogen-bond acceptors (Lipinski definition) is 2. The second kappa shape index (κ2) is 13.8. The van der Waals surface area contributed by atoms with Crippen LogP contribution in [-0.2, 0) is 6.42 Å².